The molecule has 1 aliphatic rings. The number of hydrogen-bond acceptors (Lipinski definition) is 7. The van der Waals surface area contributed by atoms with Crippen molar-refractivity contribution in [1.82, 2.24) is 0 Å². The number of Topliss-reactive ketones (excluding diaryl/α,β-unsaturated/α-hetero) is 1. The Morgan fingerprint density at radius 1 is 1.00 bits per heavy atom. The molecule has 4 aromatic rings. The number of methoxy groups -OCH3 is 1. The number of amides is 1. The molecule has 5 rings (SSSR count). The van der Waals surface area contributed by atoms with Gasteiger partial charge in [-0.3, -0.25) is 14.5 Å². The Hall–Kier alpha value is -4.43. The number of ether oxygens (including phenoxy) is 1. The molecule has 1 aromatic heterocycles. The maximum atomic E-state index is 14.0. The second kappa shape index (κ2) is 11.2. The van der Waals surface area contributed by atoms with Gasteiger partial charge in [-0.15, -0.1) is 0 Å². The highest BCUT2D eigenvalue weighted by Crippen LogP contribution is 2.43. The minimum atomic E-state index is -0.885. The van der Waals surface area contributed by atoms with Gasteiger partial charge in [-0.2, -0.15) is 0 Å². The van der Waals surface area contributed by atoms with Gasteiger partial charge in [0.2, 0.25) is 5.78 Å². The number of rotatable bonds is 9. The van der Waals surface area contributed by atoms with Crippen molar-refractivity contribution in [2.45, 2.75) is 19.9 Å². The predicted octanol–water partition coefficient (Wildman–Crippen LogP) is 6.79. The molecule has 8 nitrogen and oxygen atoms in total. The Kier molecular flexibility index (Phi) is 7.69. The highest BCUT2D eigenvalue weighted by Gasteiger charge is 2.45. The van der Waals surface area contributed by atoms with Crippen LogP contribution in [0.4, 0.5) is 17.1 Å². The number of furan rings is 1. The number of carbonyl (C=O) groups is 2. The van der Waals surface area contributed by atoms with Crippen molar-refractivity contribution in [2.24, 2.45) is 0 Å². The molecule has 0 fully saturated rings. The highest BCUT2D eigenvalue weighted by atomic mass is 35.5. The molecule has 0 aliphatic carbocycles. The zero-order chi connectivity index (χ0) is 29.4. The summed E-state index contributed by atoms with van der Waals surface area (Å²) in [6.07, 6.45) is 0. The van der Waals surface area contributed by atoms with E-state index >= 15 is 0 Å². The van der Waals surface area contributed by atoms with Crippen molar-refractivity contribution < 1.29 is 23.8 Å². The molecule has 2 heterocycles. The van der Waals surface area contributed by atoms with Crippen LogP contribution in [0.2, 0.25) is 5.02 Å². The Balaban J connectivity index is 1.63. The molecular formula is C32H32ClN3O5. The molecule has 41 heavy (non-hydrogen) atoms. The number of nitrogens with zero attached hydrogens (tertiary/aromatic N) is 3. The zero-order valence-electron chi connectivity index (χ0n) is 23.6. The van der Waals surface area contributed by atoms with Gasteiger partial charge in [0.05, 0.1) is 18.7 Å². The van der Waals surface area contributed by atoms with E-state index in [9.17, 15) is 14.7 Å². The number of carbonyl (C=O) groups excluding carboxylic acids is 2. The SMILES string of the molecule is CCN(CC)c1ccc(C2C(C(=O)c3cc4cc(Cl)cc(OC)c4o3)=C(O)C(=O)N2c2ccc(N(C)C)cc2)cc1. The summed E-state index contributed by atoms with van der Waals surface area (Å²) in [6.45, 7) is 5.84. The minimum absolute atomic E-state index is 0.0375. The summed E-state index contributed by atoms with van der Waals surface area (Å²) < 4.78 is 11.3. The van der Waals surface area contributed by atoms with Crippen LogP contribution < -0.4 is 19.4 Å². The Labute approximate surface area is 244 Å². The summed E-state index contributed by atoms with van der Waals surface area (Å²) in [5.41, 5.74) is 3.48. The number of anilines is 3. The maximum absolute atomic E-state index is 14.0. The average molecular weight is 574 g/mol. The highest BCUT2D eigenvalue weighted by molar-refractivity contribution is 6.31. The topological polar surface area (TPSA) is 86.5 Å². The summed E-state index contributed by atoms with van der Waals surface area (Å²) in [5, 5.41) is 12.2. The smallest absolute Gasteiger partial charge is 0.294 e. The van der Waals surface area contributed by atoms with Crippen LogP contribution in [0.5, 0.6) is 5.75 Å². The molecule has 1 atom stereocenters. The monoisotopic (exact) mass is 573 g/mol. The van der Waals surface area contributed by atoms with Crippen LogP contribution in [-0.2, 0) is 4.79 Å². The average Bonchev–Trinajstić information content (AvgIpc) is 3.52. The number of aliphatic hydroxyl groups excluding tert-OH is 1. The van der Waals surface area contributed by atoms with E-state index in [2.05, 4.69) is 18.7 Å². The first-order valence-corrected chi connectivity index (χ1v) is 13.8. The van der Waals surface area contributed by atoms with Crippen LogP contribution in [0.25, 0.3) is 11.0 Å². The molecule has 212 valence electrons. The normalized spacial score (nSPS) is 15.1. The lowest BCUT2D eigenvalue weighted by molar-refractivity contribution is -0.117. The molecule has 9 heteroatoms. The molecule has 0 radical (unpaired) electrons. The summed E-state index contributed by atoms with van der Waals surface area (Å²) in [4.78, 5) is 33.3. The molecule has 1 unspecified atom stereocenters. The van der Waals surface area contributed by atoms with Gasteiger partial charge in [-0.05, 0) is 67.9 Å². The fraction of sp³-hybridized carbons (Fsp3) is 0.250. The molecule has 0 spiro atoms. The fourth-order valence-electron chi connectivity index (χ4n) is 5.27. The van der Waals surface area contributed by atoms with E-state index in [4.69, 9.17) is 20.8 Å². The number of fused-ring (bicyclic) bond motifs is 1. The third-order valence-electron chi connectivity index (χ3n) is 7.43. The number of benzene rings is 3. The molecule has 0 bridgehead atoms. The van der Waals surface area contributed by atoms with Gasteiger partial charge in [-0.1, -0.05) is 23.7 Å². The van der Waals surface area contributed by atoms with Gasteiger partial charge in [0.15, 0.2) is 22.9 Å². The van der Waals surface area contributed by atoms with Crippen molar-refractivity contribution in [2.75, 3.05) is 49.0 Å². The van der Waals surface area contributed by atoms with E-state index in [0.29, 0.717) is 33.0 Å². The maximum Gasteiger partial charge on any atom is 0.294 e. The van der Waals surface area contributed by atoms with Crippen LogP contribution in [0.15, 0.2) is 82.5 Å². The lowest BCUT2D eigenvalue weighted by Crippen LogP contribution is -2.31. The van der Waals surface area contributed by atoms with Gasteiger partial charge in [-0.25, -0.2) is 0 Å². The summed E-state index contributed by atoms with van der Waals surface area (Å²) in [7, 11) is 5.34. The number of hydrogen-bond donors (Lipinski definition) is 1. The van der Waals surface area contributed by atoms with Crippen LogP contribution in [0, 0.1) is 0 Å². The van der Waals surface area contributed by atoms with Crippen molar-refractivity contribution in [3.05, 3.63) is 94.4 Å². The van der Waals surface area contributed by atoms with Crippen LogP contribution in [0.1, 0.15) is 36.0 Å². The van der Waals surface area contributed by atoms with Gasteiger partial charge in [0.1, 0.15) is 0 Å². The molecule has 1 aliphatic heterocycles. The second-order valence-electron chi connectivity index (χ2n) is 9.98. The van der Waals surface area contributed by atoms with Crippen molar-refractivity contribution >= 4 is 51.3 Å². The first kappa shape index (κ1) is 28.1. The molecule has 1 amide bonds. The Morgan fingerprint density at radius 2 is 1.63 bits per heavy atom. The van der Waals surface area contributed by atoms with Gasteiger partial charge in [0, 0.05) is 60.7 Å². The van der Waals surface area contributed by atoms with E-state index in [1.807, 2.05) is 55.4 Å². The van der Waals surface area contributed by atoms with Crippen molar-refractivity contribution in [3.8, 4) is 5.75 Å². The number of halogens is 1. The van der Waals surface area contributed by atoms with Crippen molar-refractivity contribution in [1.29, 1.82) is 0 Å². The van der Waals surface area contributed by atoms with Crippen LogP contribution >= 0.6 is 11.6 Å². The fourth-order valence-corrected chi connectivity index (χ4v) is 5.49. The largest absolute Gasteiger partial charge is 0.503 e. The first-order valence-electron chi connectivity index (χ1n) is 13.4. The predicted molar refractivity (Wildman–Crippen MR) is 163 cm³/mol. The van der Waals surface area contributed by atoms with Crippen molar-refractivity contribution in [3.63, 3.8) is 0 Å². The molecular weight excluding hydrogens is 542 g/mol. The van der Waals surface area contributed by atoms with Gasteiger partial charge < -0.3 is 24.1 Å². The lowest BCUT2D eigenvalue weighted by Gasteiger charge is -2.28. The summed E-state index contributed by atoms with van der Waals surface area (Å²) in [5.74, 6) is -1.55. The molecule has 1 N–H and O–H groups in total. The quantitative estimate of drug-likeness (QED) is 0.221. The standard InChI is InChI=1S/C32H32ClN3O5/c1-6-35(7-2)23-10-8-19(9-11-23)28-27(29(37)25-17-20-16-21(33)18-26(40-5)31(20)41-25)30(38)32(39)36(28)24-14-12-22(13-15-24)34(3)4/h8-18,28,38H,6-7H2,1-5H3. The lowest BCUT2D eigenvalue weighted by atomic mass is 9.94. The summed E-state index contributed by atoms with van der Waals surface area (Å²) >= 11 is 6.22. The van der Waals surface area contributed by atoms with Crippen LogP contribution in [0.3, 0.4) is 0 Å². The molecule has 0 saturated carbocycles. The van der Waals surface area contributed by atoms with E-state index in [1.165, 1.54) is 12.0 Å². The van der Waals surface area contributed by atoms with E-state index in [1.54, 1.807) is 30.3 Å². The third kappa shape index (κ3) is 5.00. The molecule has 0 saturated heterocycles. The zero-order valence-corrected chi connectivity index (χ0v) is 24.4. The Morgan fingerprint density at radius 3 is 2.22 bits per heavy atom. The minimum Gasteiger partial charge on any atom is -0.503 e. The van der Waals surface area contributed by atoms with E-state index < -0.39 is 23.5 Å². The first-order chi connectivity index (χ1) is 19.7. The number of aliphatic hydroxyl groups is 1. The Bertz CT molecular complexity index is 1640. The van der Waals surface area contributed by atoms with Gasteiger partial charge in [0.25, 0.3) is 5.91 Å². The molecule has 3 aromatic carbocycles. The third-order valence-corrected chi connectivity index (χ3v) is 7.64. The summed E-state index contributed by atoms with van der Waals surface area (Å²) in [6, 6.07) is 19.0. The van der Waals surface area contributed by atoms with E-state index in [-0.39, 0.29) is 11.3 Å². The second-order valence-corrected chi connectivity index (χ2v) is 10.4. The number of ketones is 1. The van der Waals surface area contributed by atoms with E-state index in [0.717, 1.165) is 24.5 Å². The van der Waals surface area contributed by atoms with Gasteiger partial charge >= 0.3 is 0 Å². The van der Waals surface area contributed by atoms with Crippen LogP contribution in [-0.4, -0.2) is 51.1 Å².